The Labute approximate surface area is 215 Å². The predicted molar refractivity (Wildman–Crippen MR) is 141 cm³/mol. The number of hydrogen-bond donors (Lipinski definition) is 1. The van der Waals surface area contributed by atoms with Gasteiger partial charge in [-0.05, 0) is 61.2 Å². The number of carbonyl (C=O) groups excluding carboxylic acids is 1. The molecule has 0 aliphatic carbocycles. The third-order valence-corrected chi connectivity index (χ3v) is 5.66. The Morgan fingerprint density at radius 2 is 1.68 bits per heavy atom. The Bertz CT molecular complexity index is 1420. The summed E-state index contributed by atoms with van der Waals surface area (Å²) in [7, 11) is 0. The van der Waals surface area contributed by atoms with Crippen LogP contribution in [0, 0.1) is 24.0 Å². The van der Waals surface area contributed by atoms with Crippen molar-refractivity contribution in [1.82, 2.24) is 0 Å². The summed E-state index contributed by atoms with van der Waals surface area (Å²) < 4.78 is 17.4. The Balaban J connectivity index is 1.47. The number of non-ortho nitro benzene ring substituents is 1. The smallest absolute Gasteiger partial charge is 0.291 e. The van der Waals surface area contributed by atoms with E-state index in [9.17, 15) is 14.9 Å². The molecule has 1 amide bonds. The molecular formula is C29H28N2O6. The molecular weight excluding hydrogens is 472 g/mol. The van der Waals surface area contributed by atoms with Crippen molar-refractivity contribution < 1.29 is 23.6 Å². The van der Waals surface area contributed by atoms with Gasteiger partial charge in [0.15, 0.2) is 5.76 Å². The number of furan rings is 1. The van der Waals surface area contributed by atoms with Gasteiger partial charge in [0.25, 0.3) is 11.6 Å². The average molecular weight is 501 g/mol. The molecule has 1 N–H and O–H groups in total. The fourth-order valence-electron chi connectivity index (χ4n) is 3.72. The standard InChI is InChI=1S/C29H28N2O6/c1-18(2)26-11-7-20(4)13-28(26)35-17-24-10-12-27(37-24)29(32)30-21-14-22(31(33)34)16-25(15-21)36-23-8-5-19(3)6-9-23/h5-16,18H,17H2,1-4H3,(H,30,32). The van der Waals surface area contributed by atoms with Crippen molar-refractivity contribution in [1.29, 1.82) is 0 Å². The number of nitro groups is 1. The van der Waals surface area contributed by atoms with Gasteiger partial charge in [-0.1, -0.05) is 43.7 Å². The Hall–Kier alpha value is -4.59. The molecule has 0 bridgehead atoms. The number of anilines is 1. The first-order chi connectivity index (χ1) is 17.7. The van der Waals surface area contributed by atoms with Gasteiger partial charge in [-0.15, -0.1) is 0 Å². The van der Waals surface area contributed by atoms with Gasteiger partial charge in [-0.2, -0.15) is 0 Å². The van der Waals surface area contributed by atoms with Crippen LogP contribution in [-0.4, -0.2) is 10.8 Å². The predicted octanol–water partition coefficient (Wildman–Crippen LogP) is 7.55. The van der Waals surface area contributed by atoms with Crippen LogP contribution < -0.4 is 14.8 Å². The molecule has 37 heavy (non-hydrogen) atoms. The van der Waals surface area contributed by atoms with E-state index in [-0.39, 0.29) is 29.5 Å². The van der Waals surface area contributed by atoms with Crippen LogP contribution in [0.25, 0.3) is 0 Å². The highest BCUT2D eigenvalue weighted by molar-refractivity contribution is 6.02. The molecule has 0 spiro atoms. The summed E-state index contributed by atoms with van der Waals surface area (Å²) in [4.78, 5) is 23.7. The van der Waals surface area contributed by atoms with Gasteiger partial charge in [0.05, 0.1) is 16.7 Å². The van der Waals surface area contributed by atoms with Crippen molar-refractivity contribution >= 4 is 17.3 Å². The third kappa shape index (κ3) is 6.55. The first-order valence-electron chi connectivity index (χ1n) is 11.9. The fourth-order valence-corrected chi connectivity index (χ4v) is 3.72. The topological polar surface area (TPSA) is 104 Å². The van der Waals surface area contributed by atoms with Gasteiger partial charge in [0.1, 0.15) is 29.6 Å². The summed E-state index contributed by atoms with van der Waals surface area (Å²) in [5.74, 6) is 1.79. The number of nitrogens with one attached hydrogen (secondary N) is 1. The number of amides is 1. The van der Waals surface area contributed by atoms with E-state index in [2.05, 4.69) is 19.2 Å². The Morgan fingerprint density at radius 3 is 2.38 bits per heavy atom. The third-order valence-electron chi connectivity index (χ3n) is 5.66. The highest BCUT2D eigenvalue weighted by atomic mass is 16.6. The molecule has 8 nitrogen and oxygen atoms in total. The molecule has 0 aliphatic heterocycles. The normalized spacial score (nSPS) is 10.8. The number of nitro benzene ring substituents is 1. The lowest BCUT2D eigenvalue weighted by Crippen LogP contribution is -2.11. The number of aryl methyl sites for hydroxylation is 2. The summed E-state index contributed by atoms with van der Waals surface area (Å²) in [5.41, 5.74) is 3.22. The number of carbonyl (C=O) groups is 1. The van der Waals surface area contributed by atoms with Gasteiger partial charge in [0.2, 0.25) is 0 Å². The van der Waals surface area contributed by atoms with Crippen LogP contribution in [0.15, 0.2) is 77.2 Å². The molecule has 0 saturated carbocycles. The molecule has 0 fully saturated rings. The summed E-state index contributed by atoms with van der Waals surface area (Å²) in [5, 5.41) is 14.1. The van der Waals surface area contributed by atoms with E-state index >= 15 is 0 Å². The minimum Gasteiger partial charge on any atom is -0.485 e. The Kier molecular flexibility index (Phi) is 7.57. The summed E-state index contributed by atoms with van der Waals surface area (Å²) in [6.07, 6.45) is 0. The van der Waals surface area contributed by atoms with E-state index in [1.165, 1.54) is 24.3 Å². The van der Waals surface area contributed by atoms with Crippen LogP contribution in [0.3, 0.4) is 0 Å². The molecule has 0 aliphatic rings. The van der Waals surface area contributed by atoms with Crippen molar-refractivity contribution in [2.75, 3.05) is 5.32 Å². The first kappa shape index (κ1) is 25.5. The van der Waals surface area contributed by atoms with Gasteiger partial charge in [0, 0.05) is 12.1 Å². The van der Waals surface area contributed by atoms with Crippen LogP contribution in [0.1, 0.15) is 52.8 Å². The maximum absolute atomic E-state index is 12.8. The highest BCUT2D eigenvalue weighted by Crippen LogP contribution is 2.31. The summed E-state index contributed by atoms with van der Waals surface area (Å²) in [6.45, 7) is 8.29. The second-order valence-electron chi connectivity index (χ2n) is 9.09. The second-order valence-corrected chi connectivity index (χ2v) is 9.09. The van der Waals surface area contributed by atoms with Crippen LogP contribution in [0.2, 0.25) is 0 Å². The van der Waals surface area contributed by atoms with Crippen molar-refractivity contribution in [3.05, 3.63) is 111 Å². The lowest BCUT2D eigenvalue weighted by atomic mass is 10.0. The van der Waals surface area contributed by atoms with Gasteiger partial charge in [-0.3, -0.25) is 14.9 Å². The van der Waals surface area contributed by atoms with E-state index in [1.54, 1.807) is 18.2 Å². The maximum Gasteiger partial charge on any atom is 0.291 e. The van der Waals surface area contributed by atoms with Gasteiger partial charge < -0.3 is 19.2 Å². The van der Waals surface area contributed by atoms with Crippen LogP contribution in [0.5, 0.6) is 17.2 Å². The number of rotatable bonds is 9. The number of ether oxygens (including phenoxy) is 2. The first-order valence-corrected chi connectivity index (χ1v) is 11.9. The highest BCUT2D eigenvalue weighted by Gasteiger charge is 2.17. The zero-order valence-corrected chi connectivity index (χ0v) is 21.1. The molecule has 4 rings (SSSR count). The van der Waals surface area contributed by atoms with Crippen molar-refractivity contribution in [3.8, 4) is 17.2 Å². The molecule has 0 radical (unpaired) electrons. The zero-order chi connectivity index (χ0) is 26.5. The SMILES string of the molecule is Cc1ccc(Oc2cc(NC(=O)c3ccc(COc4cc(C)ccc4C(C)C)o3)cc([N+](=O)[O-])c2)cc1. The molecule has 0 saturated heterocycles. The maximum atomic E-state index is 12.8. The lowest BCUT2D eigenvalue weighted by Gasteiger charge is -2.14. The van der Waals surface area contributed by atoms with E-state index in [4.69, 9.17) is 13.9 Å². The van der Waals surface area contributed by atoms with E-state index in [0.717, 1.165) is 22.4 Å². The van der Waals surface area contributed by atoms with Crippen LogP contribution in [-0.2, 0) is 6.61 Å². The molecule has 4 aromatic rings. The minimum absolute atomic E-state index is 0.0550. The molecule has 1 heterocycles. The largest absolute Gasteiger partial charge is 0.485 e. The molecule has 0 unspecified atom stereocenters. The number of hydrogen-bond acceptors (Lipinski definition) is 6. The van der Waals surface area contributed by atoms with Crippen molar-refractivity contribution in [3.63, 3.8) is 0 Å². The number of nitrogens with zero attached hydrogens (tertiary/aromatic N) is 1. The van der Waals surface area contributed by atoms with Gasteiger partial charge in [-0.25, -0.2) is 0 Å². The summed E-state index contributed by atoms with van der Waals surface area (Å²) >= 11 is 0. The second kappa shape index (κ2) is 11.0. The number of benzene rings is 3. The minimum atomic E-state index is -0.550. The lowest BCUT2D eigenvalue weighted by molar-refractivity contribution is -0.384. The van der Waals surface area contributed by atoms with E-state index < -0.39 is 10.8 Å². The zero-order valence-electron chi connectivity index (χ0n) is 21.1. The summed E-state index contributed by atoms with van der Waals surface area (Å²) in [6, 6.07) is 20.6. The molecule has 190 valence electrons. The van der Waals surface area contributed by atoms with E-state index in [0.29, 0.717) is 17.4 Å². The van der Waals surface area contributed by atoms with Crippen molar-refractivity contribution in [2.45, 2.75) is 40.2 Å². The fraction of sp³-hybridized carbons (Fsp3) is 0.207. The molecule has 3 aromatic carbocycles. The monoisotopic (exact) mass is 500 g/mol. The van der Waals surface area contributed by atoms with Crippen LogP contribution in [0.4, 0.5) is 11.4 Å². The Morgan fingerprint density at radius 1 is 0.946 bits per heavy atom. The molecule has 8 heteroatoms. The van der Waals surface area contributed by atoms with Crippen LogP contribution >= 0.6 is 0 Å². The molecule has 1 aromatic heterocycles. The van der Waals surface area contributed by atoms with Gasteiger partial charge >= 0.3 is 0 Å². The quantitative estimate of drug-likeness (QED) is 0.188. The van der Waals surface area contributed by atoms with E-state index in [1.807, 2.05) is 44.2 Å². The van der Waals surface area contributed by atoms with Crippen molar-refractivity contribution in [2.24, 2.45) is 0 Å². The average Bonchev–Trinajstić information content (AvgIpc) is 3.33. The molecule has 0 atom stereocenters.